The van der Waals surface area contributed by atoms with E-state index in [1.807, 2.05) is 0 Å². The van der Waals surface area contributed by atoms with Crippen LogP contribution in [0.5, 0.6) is 0 Å². The summed E-state index contributed by atoms with van der Waals surface area (Å²) in [6.07, 6.45) is 3.15. The first kappa shape index (κ1) is 15.3. The van der Waals surface area contributed by atoms with Gasteiger partial charge in [0.1, 0.15) is 6.10 Å². The number of esters is 1. The van der Waals surface area contributed by atoms with Crippen LogP contribution in [0.4, 0.5) is 0 Å². The average Bonchev–Trinajstić information content (AvgIpc) is 2.69. The van der Waals surface area contributed by atoms with Gasteiger partial charge in [-0.15, -0.1) is 0 Å². The molecule has 0 aliphatic heterocycles. The third-order valence-corrected chi connectivity index (χ3v) is 6.48. The van der Waals surface area contributed by atoms with E-state index in [2.05, 4.69) is 20.8 Å². The molecule has 0 radical (unpaired) electrons. The van der Waals surface area contributed by atoms with Gasteiger partial charge in [0.15, 0.2) is 0 Å². The summed E-state index contributed by atoms with van der Waals surface area (Å²) in [5.74, 6) is -2.01. The molecule has 5 atom stereocenters. The number of hydrogen-bond acceptors (Lipinski definition) is 3. The Hall–Kier alpha value is -1.06. The third-order valence-electron chi connectivity index (χ3n) is 6.48. The lowest BCUT2D eigenvalue weighted by atomic mass is 9.70. The normalized spacial score (nSPS) is 37.5. The number of ether oxygens (including phenoxy) is 1. The molecule has 0 spiro atoms. The van der Waals surface area contributed by atoms with Crippen molar-refractivity contribution < 1.29 is 19.4 Å². The number of rotatable bonds is 4. The van der Waals surface area contributed by atoms with Crippen molar-refractivity contribution in [3.63, 3.8) is 0 Å². The van der Waals surface area contributed by atoms with Crippen molar-refractivity contribution in [2.75, 3.05) is 0 Å². The maximum absolute atomic E-state index is 12.2. The first-order valence-corrected chi connectivity index (χ1v) is 7.54. The predicted molar refractivity (Wildman–Crippen MR) is 75.1 cm³/mol. The molecule has 2 aliphatic rings. The second-order valence-electron chi connectivity index (χ2n) is 7.45. The van der Waals surface area contributed by atoms with Crippen molar-refractivity contribution in [2.45, 2.75) is 60.0 Å². The lowest BCUT2D eigenvalue weighted by molar-refractivity contribution is -0.166. The van der Waals surface area contributed by atoms with E-state index in [1.54, 1.807) is 13.8 Å². The maximum atomic E-state index is 12.2. The number of aliphatic carboxylic acids is 1. The monoisotopic (exact) mass is 282 g/mol. The fourth-order valence-corrected chi connectivity index (χ4v) is 3.97. The molecule has 0 heterocycles. The number of carbonyl (C=O) groups is 2. The number of carboxylic acids is 1. The Bertz CT molecular complexity index is 428. The summed E-state index contributed by atoms with van der Waals surface area (Å²) in [6, 6.07) is 0. The Kier molecular flexibility index (Phi) is 3.64. The van der Waals surface area contributed by atoms with Crippen LogP contribution in [-0.4, -0.2) is 23.1 Å². The molecule has 20 heavy (non-hydrogen) atoms. The molecule has 0 amide bonds. The minimum absolute atomic E-state index is 0.0273. The standard InChI is InChI=1S/C16H26O4/c1-9(13(17)18)10(2)14(19)20-12-8-11-6-7-16(12,5)15(11,3)4/h9-12H,6-8H2,1-5H3,(H,17,18). The summed E-state index contributed by atoms with van der Waals surface area (Å²) in [6.45, 7) is 9.94. The number of hydrogen-bond donors (Lipinski definition) is 1. The Balaban J connectivity index is 2.05. The largest absolute Gasteiger partial charge is 0.481 e. The van der Waals surface area contributed by atoms with Crippen LogP contribution < -0.4 is 0 Å². The quantitative estimate of drug-likeness (QED) is 0.805. The Morgan fingerprint density at radius 2 is 1.80 bits per heavy atom. The van der Waals surface area contributed by atoms with Crippen molar-refractivity contribution in [3.05, 3.63) is 0 Å². The number of carbonyl (C=O) groups excluding carboxylic acids is 1. The summed E-state index contributed by atoms with van der Waals surface area (Å²) in [4.78, 5) is 23.2. The van der Waals surface area contributed by atoms with Crippen LogP contribution in [0, 0.1) is 28.6 Å². The zero-order valence-corrected chi connectivity index (χ0v) is 13.1. The zero-order valence-electron chi connectivity index (χ0n) is 13.1. The molecular weight excluding hydrogens is 256 g/mol. The maximum Gasteiger partial charge on any atom is 0.309 e. The molecule has 114 valence electrons. The first-order valence-electron chi connectivity index (χ1n) is 7.54. The van der Waals surface area contributed by atoms with Gasteiger partial charge in [-0.25, -0.2) is 0 Å². The van der Waals surface area contributed by atoms with Gasteiger partial charge in [-0.1, -0.05) is 34.6 Å². The van der Waals surface area contributed by atoms with Crippen LogP contribution >= 0.6 is 0 Å². The van der Waals surface area contributed by atoms with E-state index in [9.17, 15) is 9.59 Å². The summed E-state index contributed by atoms with van der Waals surface area (Å²) < 4.78 is 5.71. The molecule has 0 aromatic heterocycles. The highest BCUT2D eigenvalue weighted by Gasteiger charge is 2.63. The molecule has 5 unspecified atom stereocenters. The summed E-state index contributed by atoms with van der Waals surface area (Å²) in [5.41, 5.74) is 0.221. The van der Waals surface area contributed by atoms with Crippen LogP contribution in [0.3, 0.4) is 0 Å². The molecule has 0 saturated heterocycles. The highest BCUT2D eigenvalue weighted by molar-refractivity contribution is 5.80. The van der Waals surface area contributed by atoms with E-state index in [-0.39, 0.29) is 22.9 Å². The molecule has 2 saturated carbocycles. The second-order valence-corrected chi connectivity index (χ2v) is 7.45. The summed E-state index contributed by atoms with van der Waals surface area (Å²) >= 11 is 0. The summed E-state index contributed by atoms with van der Waals surface area (Å²) in [5, 5.41) is 8.99. The molecule has 2 aliphatic carbocycles. The van der Waals surface area contributed by atoms with E-state index in [4.69, 9.17) is 9.84 Å². The van der Waals surface area contributed by atoms with Gasteiger partial charge in [-0.3, -0.25) is 9.59 Å². The van der Waals surface area contributed by atoms with Crippen molar-refractivity contribution in [1.29, 1.82) is 0 Å². The predicted octanol–water partition coefficient (Wildman–Crippen LogP) is 3.10. The highest BCUT2D eigenvalue weighted by atomic mass is 16.5. The van der Waals surface area contributed by atoms with Gasteiger partial charge in [0.25, 0.3) is 0 Å². The van der Waals surface area contributed by atoms with Gasteiger partial charge >= 0.3 is 11.9 Å². The fraction of sp³-hybridized carbons (Fsp3) is 0.875. The van der Waals surface area contributed by atoms with Gasteiger partial charge < -0.3 is 9.84 Å². The molecular formula is C16H26O4. The smallest absolute Gasteiger partial charge is 0.309 e. The van der Waals surface area contributed by atoms with Crippen LogP contribution in [-0.2, 0) is 14.3 Å². The minimum Gasteiger partial charge on any atom is -0.481 e. The van der Waals surface area contributed by atoms with Crippen molar-refractivity contribution in [1.82, 2.24) is 0 Å². The molecule has 0 aromatic carbocycles. The van der Waals surface area contributed by atoms with E-state index in [0.29, 0.717) is 5.92 Å². The van der Waals surface area contributed by atoms with Crippen molar-refractivity contribution >= 4 is 11.9 Å². The zero-order chi connectivity index (χ0) is 15.3. The summed E-state index contributed by atoms with van der Waals surface area (Å²) in [7, 11) is 0. The minimum atomic E-state index is -0.950. The third kappa shape index (κ3) is 2.04. The van der Waals surface area contributed by atoms with Gasteiger partial charge in [-0.05, 0) is 30.6 Å². The Morgan fingerprint density at radius 1 is 1.20 bits per heavy atom. The van der Waals surface area contributed by atoms with Crippen molar-refractivity contribution in [2.24, 2.45) is 28.6 Å². The lowest BCUT2D eigenvalue weighted by Gasteiger charge is -2.38. The van der Waals surface area contributed by atoms with Crippen LogP contribution in [0.25, 0.3) is 0 Å². The fourth-order valence-electron chi connectivity index (χ4n) is 3.97. The van der Waals surface area contributed by atoms with Crippen LogP contribution in [0.1, 0.15) is 53.9 Å². The van der Waals surface area contributed by atoms with Gasteiger partial charge in [0, 0.05) is 5.41 Å². The Labute approximate surface area is 120 Å². The van der Waals surface area contributed by atoms with Gasteiger partial charge in [0.2, 0.25) is 0 Å². The molecule has 2 fully saturated rings. The SMILES string of the molecule is CC(C(=O)O)C(C)C(=O)OC1CC2CCC1(C)C2(C)C. The van der Waals surface area contributed by atoms with Crippen LogP contribution in [0.2, 0.25) is 0 Å². The molecule has 0 aromatic rings. The lowest BCUT2D eigenvalue weighted by Crippen LogP contribution is -2.40. The van der Waals surface area contributed by atoms with Gasteiger partial charge in [-0.2, -0.15) is 0 Å². The molecule has 4 heteroatoms. The van der Waals surface area contributed by atoms with Gasteiger partial charge in [0.05, 0.1) is 11.8 Å². The van der Waals surface area contributed by atoms with E-state index in [1.165, 1.54) is 6.42 Å². The molecule has 1 N–H and O–H groups in total. The van der Waals surface area contributed by atoms with Crippen LogP contribution in [0.15, 0.2) is 0 Å². The van der Waals surface area contributed by atoms with E-state index < -0.39 is 17.8 Å². The Morgan fingerprint density at radius 3 is 2.20 bits per heavy atom. The van der Waals surface area contributed by atoms with E-state index >= 15 is 0 Å². The number of carboxylic acid groups (broad SMARTS) is 1. The van der Waals surface area contributed by atoms with E-state index in [0.717, 1.165) is 12.8 Å². The second kappa shape index (κ2) is 4.74. The molecule has 2 rings (SSSR count). The first-order chi connectivity index (χ1) is 9.11. The van der Waals surface area contributed by atoms with Crippen molar-refractivity contribution in [3.8, 4) is 0 Å². The topological polar surface area (TPSA) is 63.6 Å². The molecule has 4 nitrogen and oxygen atoms in total. The number of fused-ring (bicyclic) bond motifs is 2. The highest BCUT2D eigenvalue weighted by Crippen LogP contribution is 2.66. The molecule has 2 bridgehead atoms. The average molecular weight is 282 g/mol.